The van der Waals surface area contributed by atoms with Gasteiger partial charge in [-0.25, -0.2) is 0 Å². The van der Waals surface area contributed by atoms with E-state index in [4.69, 9.17) is 0 Å². The molecular weight excluding hydrogens is 200 g/mol. The van der Waals surface area contributed by atoms with Crippen LogP contribution in [0.2, 0.25) is 0 Å². The number of carbonyl (C=O) groups is 1. The molecule has 2 unspecified atom stereocenters. The molecule has 2 fully saturated rings. The maximum absolute atomic E-state index is 12.1. The van der Waals surface area contributed by atoms with Crippen LogP contribution in [0.15, 0.2) is 0 Å². The Bertz CT molecular complexity index is 221. The van der Waals surface area contributed by atoms with Gasteiger partial charge in [-0.1, -0.05) is 13.8 Å². The molecule has 0 aromatic carbocycles. The van der Waals surface area contributed by atoms with Crippen molar-refractivity contribution in [1.29, 1.82) is 0 Å². The Morgan fingerprint density at radius 2 is 1.92 bits per heavy atom. The van der Waals surface area contributed by atoms with E-state index >= 15 is 0 Å². The highest BCUT2D eigenvalue weighted by atomic mass is 32.2. The minimum Gasteiger partial charge on any atom is -0.297 e. The highest BCUT2D eigenvalue weighted by Gasteiger charge is 2.52. The Morgan fingerprint density at radius 3 is 2.38 bits per heavy atom. The molecule has 0 bridgehead atoms. The summed E-state index contributed by atoms with van der Waals surface area (Å²) in [4.78, 5) is 12.1. The van der Waals surface area contributed by atoms with Crippen molar-refractivity contribution in [2.45, 2.75) is 30.8 Å². The summed E-state index contributed by atoms with van der Waals surface area (Å²) in [5, 5.41) is 0. The quantitative estimate of drug-likeness (QED) is 0.620. The van der Waals surface area contributed by atoms with E-state index in [-0.39, 0.29) is 4.08 Å². The average molecular weight is 216 g/mol. The number of carbonyl (C=O) groups excluding carboxylic acids is 1. The molecule has 0 N–H and O–H groups in total. The standard InChI is InChI=1S/C10H16OS2/c1-7-6-8(2)10(9(7)11)12-4-3-5-13-10/h7-8H,3-6H2,1-2H3. The monoisotopic (exact) mass is 216 g/mol. The zero-order valence-electron chi connectivity index (χ0n) is 8.21. The maximum atomic E-state index is 12.1. The Balaban J connectivity index is 2.23. The fourth-order valence-electron chi connectivity index (χ4n) is 2.35. The van der Waals surface area contributed by atoms with Crippen molar-refractivity contribution in [3.63, 3.8) is 0 Å². The third-order valence-corrected chi connectivity index (χ3v) is 6.83. The molecule has 2 aliphatic rings. The maximum Gasteiger partial charge on any atom is 0.161 e. The summed E-state index contributed by atoms with van der Waals surface area (Å²) in [6, 6.07) is 0. The van der Waals surface area contributed by atoms with Crippen LogP contribution in [0.4, 0.5) is 0 Å². The molecule has 1 nitrogen and oxygen atoms in total. The highest BCUT2D eigenvalue weighted by Crippen LogP contribution is 2.55. The van der Waals surface area contributed by atoms with E-state index in [1.807, 2.05) is 23.5 Å². The third-order valence-electron chi connectivity index (χ3n) is 3.07. The zero-order chi connectivity index (χ0) is 9.47. The first kappa shape index (κ1) is 9.91. The summed E-state index contributed by atoms with van der Waals surface area (Å²) in [5.41, 5.74) is 0. The second-order valence-electron chi connectivity index (χ2n) is 4.12. The molecule has 2 rings (SSSR count). The molecule has 1 spiro atoms. The number of Topliss-reactive ketones (excluding diaryl/α,β-unsaturated/α-hetero) is 1. The predicted octanol–water partition coefficient (Wildman–Crippen LogP) is 2.80. The van der Waals surface area contributed by atoms with E-state index in [2.05, 4.69) is 13.8 Å². The van der Waals surface area contributed by atoms with Crippen LogP contribution in [0, 0.1) is 11.8 Å². The van der Waals surface area contributed by atoms with Gasteiger partial charge in [0.25, 0.3) is 0 Å². The fraction of sp³-hybridized carbons (Fsp3) is 0.900. The second-order valence-corrected chi connectivity index (χ2v) is 7.06. The third kappa shape index (κ3) is 1.44. The number of thioether (sulfide) groups is 2. The van der Waals surface area contributed by atoms with Gasteiger partial charge in [-0.05, 0) is 30.3 Å². The Kier molecular flexibility index (Phi) is 2.67. The van der Waals surface area contributed by atoms with Crippen LogP contribution in [0.25, 0.3) is 0 Å². The van der Waals surface area contributed by atoms with E-state index in [9.17, 15) is 4.79 Å². The highest BCUT2D eigenvalue weighted by molar-refractivity contribution is 8.20. The lowest BCUT2D eigenvalue weighted by atomic mass is 10.1. The zero-order valence-corrected chi connectivity index (χ0v) is 9.84. The predicted molar refractivity (Wildman–Crippen MR) is 60.2 cm³/mol. The minimum atomic E-state index is -0.0440. The van der Waals surface area contributed by atoms with Crippen molar-refractivity contribution in [2.24, 2.45) is 11.8 Å². The molecule has 1 aliphatic carbocycles. The number of hydrogen-bond donors (Lipinski definition) is 0. The largest absolute Gasteiger partial charge is 0.297 e. The smallest absolute Gasteiger partial charge is 0.161 e. The number of hydrogen-bond acceptors (Lipinski definition) is 3. The molecule has 0 amide bonds. The Hall–Kier alpha value is 0.370. The minimum absolute atomic E-state index is 0.0440. The number of ketones is 1. The molecular formula is C10H16OS2. The molecule has 1 aliphatic heterocycles. The van der Waals surface area contributed by atoms with Crippen molar-refractivity contribution < 1.29 is 4.79 Å². The van der Waals surface area contributed by atoms with E-state index < -0.39 is 0 Å². The molecule has 74 valence electrons. The first-order valence-electron chi connectivity index (χ1n) is 4.99. The summed E-state index contributed by atoms with van der Waals surface area (Å²) in [7, 11) is 0. The lowest BCUT2D eigenvalue weighted by Crippen LogP contribution is -2.36. The first-order valence-corrected chi connectivity index (χ1v) is 6.96. The van der Waals surface area contributed by atoms with Crippen LogP contribution in [-0.2, 0) is 4.79 Å². The van der Waals surface area contributed by atoms with E-state index in [0.717, 1.165) is 6.42 Å². The molecule has 1 heterocycles. The van der Waals surface area contributed by atoms with Gasteiger partial charge in [0.2, 0.25) is 0 Å². The summed E-state index contributed by atoms with van der Waals surface area (Å²) in [6.45, 7) is 4.33. The van der Waals surface area contributed by atoms with Gasteiger partial charge in [0.05, 0.1) is 0 Å². The van der Waals surface area contributed by atoms with Gasteiger partial charge in [-0.2, -0.15) is 0 Å². The van der Waals surface area contributed by atoms with Crippen LogP contribution in [0.3, 0.4) is 0 Å². The van der Waals surface area contributed by atoms with Gasteiger partial charge in [0.15, 0.2) is 5.78 Å². The lowest BCUT2D eigenvalue weighted by molar-refractivity contribution is -0.120. The number of rotatable bonds is 0. The summed E-state index contributed by atoms with van der Waals surface area (Å²) < 4.78 is -0.0440. The van der Waals surface area contributed by atoms with Crippen LogP contribution in [0.1, 0.15) is 26.7 Å². The van der Waals surface area contributed by atoms with Gasteiger partial charge in [-0.3, -0.25) is 4.79 Å². The SMILES string of the molecule is CC1CC(C)C2(SCCCS2)C1=O. The van der Waals surface area contributed by atoms with E-state index in [1.165, 1.54) is 17.9 Å². The summed E-state index contributed by atoms with van der Waals surface area (Å²) in [6.07, 6.45) is 2.37. The Labute approximate surface area is 88.4 Å². The fourth-order valence-corrected chi connectivity index (χ4v) is 6.00. The van der Waals surface area contributed by atoms with Gasteiger partial charge < -0.3 is 0 Å². The molecule has 1 saturated carbocycles. The van der Waals surface area contributed by atoms with Crippen molar-refractivity contribution in [2.75, 3.05) is 11.5 Å². The van der Waals surface area contributed by atoms with Crippen molar-refractivity contribution in [1.82, 2.24) is 0 Å². The van der Waals surface area contributed by atoms with Gasteiger partial charge >= 0.3 is 0 Å². The van der Waals surface area contributed by atoms with Crippen molar-refractivity contribution >= 4 is 29.3 Å². The normalized spacial score (nSPS) is 38.5. The first-order chi connectivity index (χ1) is 6.17. The van der Waals surface area contributed by atoms with E-state index in [0.29, 0.717) is 17.6 Å². The summed E-state index contributed by atoms with van der Waals surface area (Å²) >= 11 is 3.81. The van der Waals surface area contributed by atoms with Crippen LogP contribution in [0.5, 0.6) is 0 Å². The van der Waals surface area contributed by atoms with Gasteiger partial charge in [0.1, 0.15) is 4.08 Å². The lowest BCUT2D eigenvalue weighted by Gasteiger charge is -2.34. The molecule has 13 heavy (non-hydrogen) atoms. The topological polar surface area (TPSA) is 17.1 Å². The van der Waals surface area contributed by atoms with Gasteiger partial charge in [-0.15, -0.1) is 23.5 Å². The van der Waals surface area contributed by atoms with Crippen LogP contribution >= 0.6 is 23.5 Å². The summed E-state index contributed by atoms with van der Waals surface area (Å²) in [5.74, 6) is 3.74. The van der Waals surface area contributed by atoms with E-state index in [1.54, 1.807) is 0 Å². The molecule has 1 saturated heterocycles. The van der Waals surface area contributed by atoms with Gasteiger partial charge in [0, 0.05) is 5.92 Å². The molecule has 0 aromatic heterocycles. The second kappa shape index (κ2) is 3.50. The molecule has 3 heteroatoms. The van der Waals surface area contributed by atoms with Crippen molar-refractivity contribution in [3.8, 4) is 0 Å². The van der Waals surface area contributed by atoms with Crippen LogP contribution in [-0.4, -0.2) is 21.4 Å². The van der Waals surface area contributed by atoms with Crippen molar-refractivity contribution in [3.05, 3.63) is 0 Å². The molecule has 2 atom stereocenters. The molecule has 0 radical (unpaired) electrons. The average Bonchev–Trinajstić information content (AvgIpc) is 2.34. The molecule has 0 aromatic rings. The Morgan fingerprint density at radius 1 is 1.31 bits per heavy atom. The van der Waals surface area contributed by atoms with Crippen LogP contribution < -0.4 is 0 Å².